The summed E-state index contributed by atoms with van der Waals surface area (Å²) in [7, 11) is 0. The Bertz CT molecular complexity index is 1200. The van der Waals surface area contributed by atoms with Gasteiger partial charge in [0.05, 0.1) is 26.4 Å². The number of carbonyl (C=O) groups excluding carboxylic acids is 1. The van der Waals surface area contributed by atoms with Gasteiger partial charge < -0.3 is 64.2 Å². The summed E-state index contributed by atoms with van der Waals surface area (Å²) in [5.74, 6) is -0.404. The second-order valence-electron chi connectivity index (χ2n) is 17.6. The van der Waals surface area contributed by atoms with Crippen LogP contribution in [0.15, 0.2) is 36.5 Å². The molecule has 0 aromatic heterocycles. The van der Waals surface area contributed by atoms with Crippen molar-refractivity contribution >= 4 is 5.97 Å². The predicted octanol–water partition coefficient (Wildman–Crippen LogP) is 7.02. The fourth-order valence-electron chi connectivity index (χ4n) is 7.83. The van der Waals surface area contributed by atoms with Crippen molar-refractivity contribution in [1.82, 2.24) is 0 Å². The number of hydrogen-bond donors (Lipinski definition) is 7. The lowest BCUT2D eigenvalue weighted by Crippen LogP contribution is -2.61. The van der Waals surface area contributed by atoms with Crippen LogP contribution in [0.25, 0.3) is 0 Å². The Hall–Kier alpha value is -1.79. The van der Waals surface area contributed by atoms with Gasteiger partial charge in [-0.1, -0.05) is 159 Å². The molecule has 0 radical (unpaired) electrons. The molecule has 11 atom stereocenters. The fourth-order valence-corrected chi connectivity index (χ4v) is 7.83. The van der Waals surface area contributed by atoms with Crippen molar-refractivity contribution < 1.29 is 69.0 Å². The maximum atomic E-state index is 13.0. The molecule has 2 fully saturated rings. The first-order chi connectivity index (χ1) is 31.1. The summed E-state index contributed by atoms with van der Waals surface area (Å²) >= 11 is 0. The van der Waals surface area contributed by atoms with E-state index in [9.17, 15) is 40.5 Å². The second-order valence-corrected chi connectivity index (χ2v) is 17.6. The van der Waals surface area contributed by atoms with Gasteiger partial charge in [-0.15, -0.1) is 0 Å². The molecule has 14 nitrogen and oxygen atoms in total. The molecule has 2 aliphatic rings. The normalized spacial score (nSPS) is 27.0. The van der Waals surface area contributed by atoms with E-state index in [2.05, 4.69) is 50.3 Å². The third-order valence-corrected chi connectivity index (χ3v) is 11.9. The number of carbonyl (C=O) groups is 1. The molecule has 64 heavy (non-hydrogen) atoms. The summed E-state index contributed by atoms with van der Waals surface area (Å²) < 4.78 is 34.2. The third-order valence-electron chi connectivity index (χ3n) is 11.9. The highest BCUT2D eigenvalue weighted by atomic mass is 16.7. The van der Waals surface area contributed by atoms with Crippen LogP contribution in [0, 0.1) is 0 Å². The van der Waals surface area contributed by atoms with Gasteiger partial charge >= 0.3 is 5.97 Å². The number of rotatable bonds is 39. The summed E-state index contributed by atoms with van der Waals surface area (Å²) in [6.45, 7) is 3.54. The number of esters is 1. The van der Waals surface area contributed by atoms with E-state index in [1.165, 1.54) is 89.9 Å². The van der Waals surface area contributed by atoms with E-state index >= 15 is 0 Å². The van der Waals surface area contributed by atoms with Gasteiger partial charge in [0.15, 0.2) is 12.6 Å². The number of allylic oxidation sites excluding steroid dienone is 6. The molecule has 0 aliphatic carbocycles. The van der Waals surface area contributed by atoms with Crippen molar-refractivity contribution in [2.75, 3.05) is 33.0 Å². The number of ether oxygens (including phenoxy) is 6. The highest BCUT2D eigenvalue weighted by Crippen LogP contribution is 2.26. The van der Waals surface area contributed by atoms with E-state index in [-0.39, 0.29) is 19.6 Å². The van der Waals surface area contributed by atoms with Gasteiger partial charge in [0.1, 0.15) is 54.9 Å². The van der Waals surface area contributed by atoms with E-state index in [4.69, 9.17) is 28.4 Å². The summed E-state index contributed by atoms with van der Waals surface area (Å²) in [4.78, 5) is 13.0. The molecule has 14 heteroatoms. The Morgan fingerprint density at radius 2 is 1.02 bits per heavy atom. The zero-order chi connectivity index (χ0) is 46.6. The lowest BCUT2D eigenvalue weighted by atomic mass is 9.98. The molecule has 11 unspecified atom stereocenters. The molecule has 0 aromatic rings. The molecule has 0 amide bonds. The zero-order valence-corrected chi connectivity index (χ0v) is 39.5. The van der Waals surface area contributed by atoms with E-state index in [0.717, 1.165) is 57.8 Å². The van der Waals surface area contributed by atoms with Crippen LogP contribution in [-0.4, -0.2) is 142 Å². The van der Waals surface area contributed by atoms with Crippen LogP contribution >= 0.6 is 0 Å². The smallest absolute Gasteiger partial charge is 0.306 e. The monoisotopic (exact) mass is 915 g/mol. The molecule has 0 bridgehead atoms. The molecule has 2 aliphatic heterocycles. The zero-order valence-electron chi connectivity index (χ0n) is 39.5. The maximum absolute atomic E-state index is 13.0. The molecule has 2 rings (SSSR count). The Morgan fingerprint density at radius 3 is 1.58 bits per heavy atom. The molecule has 2 saturated heterocycles. The van der Waals surface area contributed by atoms with E-state index in [0.29, 0.717) is 13.0 Å². The molecular weight excluding hydrogens is 825 g/mol. The predicted molar refractivity (Wildman–Crippen MR) is 247 cm³/mol. The molecule has 374 valence electrons. The van der Waals surface area contributed by atoms with Crippen molar-refractivity contribution in [2.24, 2.45) is 0 Å². The minimum absolute atomic E-state index is 0.0520. The number of aliphatic hydroxyl groups is 7. The van der Waals surface area contributed by atoms with Gasteiger partial charge in [0, 0.05) is 13.0 Å². The maximum Gasteiger partial charge on any atom is 0.306 e. The van der Waals surface area contributed by atoms with Crippen LogP contribution in [0.5, 0.6) is 0 Å². The van der Waals surface area contributed by atoms with Crippen LogP contribution in [0.1, 0.15) is 174 Å². The molecule has 2 heterocycles. The standard InChI is InChI=1S/C50H90O14/c1-3-5-7-9-11-13-15-17-18-19-20-22-24-26-28-30-32-34-59-36-39(62-42(52)33-31-29-27-25-23-21-16-14-12-10-8-6-4-2)37-60-49-48(58)46(56)44(54)41(64-49)38-61-50-47(57)45(55)43(53)40(35-51)63-50/h6,8,12,14,21,23,39-41,43-51,53-58H,3-5,7,9-11,13,15-20,22,24-38H2,1-2H3/b8-6-,14-12-,23-21-. The number of hydrogen-bond acceptors (Lipinski definition) is 14. The van der Waals surface area contributed by atoms with Gasteiger partial charge in [-0.2, -0.15) is 0 Å². The van der Waals surface area contributed by atoms with Crippen molar-refractivity contribution in [3.05, 3.63) is 36.5 Å². The Kier molecular flexibility index (Phi) is 34.8. The van der Waals surface area contributed by atoms with Crippen molar-refractivity contribution in [2.45, 2.75) is 242 Å². The lowest BCUT2D eigenvalue weighted by Gasteiger charge is -2.42. The molecular formula is C50H90O14. The first-order valence-corrected chi connectivity index (χ1v) is 25.1. The minimum atomic E-state index is -1.71. The van der Waals surface area contributed by atoms with Gasteiger partial charge in [-0.25, -0.2) is 0 Å². The highest BCUT2D eigenvalue weighted by Gasteiger charge is 2.47. The van der Waals surface area contributed by atoms with E-state index in [1.807, 2.05) is 0 Å². The molecule has 0 aromatic carbocycles. The first-order valence-electron chi connectivity index (χ1n) is 25.1. The quantitative estimate of drug-likeness (QED) is 0.0188. The number of aliphatic hydroxyl groups excluding tert-OH is 7. The van der Waals surface area contributed by atoms with Gasteiger partial charge in [-0.05, 0) is 44.9 Å². The summed E-state index contributed by atoms with van der Waals surface area (Å²) in [6.07, 6.45) is 25.0. The average molecular weight is 915 g/mol. The van der Waals surface area contributed by atoms with Crippen LogP contribution in [0.4, 0.5) is 0 Å². The third kappa shape index (κ3) is 25.9. The lowest BCUT2D eigenvalue weighted by molar-refractivity contribution is -0.332. The van der Waals surface area contributed by atoms with Crippen molar-refractivity contribution in [1.29, 1.82) is 0 Å². The summed E-state index contributed by atoms with van der Waals surface area (Å²) in [6, 6.07) is 0. The molecule has 7 N–H and O–H groups in total. The Balaban J connectivity index is 1.78. The largest absolute Gasteiger partial charge is 0.457 e. The van der Waals surface area contributed by atoms with E-state index < -0.39 is 86.7 Å². The molecule has 0 spiro atoms. The van der Waals surface area contributed by atoms with Crippen molar-refractivity contribution in [3.63, 3.8) is 0 Å². The van der Waals surface area contributed by atoms with Gasteiger partial charge in [0.25, 0.3) is 0 Å². The van der Waals surface area contributed by atoms with Crippen LogP contribution in [-0.2, 0) is 33.2 Å². The van der Waals surface area contributed by atoms with Crippen LogP contribution in [0.2, 0.25) is 0 Å². The minimum Gasteiger partial charge on any atom is -0.457 e. The van der Waals surface area contributed by atoms with Crippen LogP contribution in [0.3, 0.4) is 0 Å². The van der Waals surface area contributed by atoms with Gasteiger partial charge in [-0.3, -0.25) is 4.79 Å². The van der Waals surface area contributed by atoms with E-state index in [1.54, 1.807) is 0 Å². The summed E-state index contributed by atoms with van der Waals surface area (Å²) in [5.41, 5.74) is 0. The average Bonchev–Trinajstić information content (AvgIpc) is 3.29. The second kappa shape index (κ2) is 38.2. The summed E-state index contributed by atoms with van der Waals surface area (Å²) in [5, 5.41) is 72.0. The van der Waals surface area contributed by atoms with Gasteiger partial charge in [0.2, 0.25) is 0 Å². The number of unbranched alkanes of at least 4 members (excludes halogenated alkanes) is 19. The Morgan fingerprint density at radius 1 is 0.531 bits per heavy atom. The van der Waals surface area contributed by atoms with Crippen LogP contribution < -0.4 is 0 Å². The molecule has 0 saturated carbocycles. The fraction of sp³-hybridized carbons (Fsp3) is 0.860. The topological polar surface area (TPSA) is 214 Å². The first kappa shape index (κ1) is 58.3. The highest BCUT2D eigenvalue weighted by molar-refractivity contribution is 5.69. The van der Waals surface area contributed by atoms with Crippen molar-refractivity contribution in [3.8, 4) is 0 Å². The Labute approximate surface area is 385 Å². The SMILES string of the molecule is CC/C=C\C/C=C\C/C=C\CCCCCC(=O)OC(COCCCCCCCCCCCCCCCCCCC)COC1OC(COC2OC(CO)C(O)C(O)C2O)C(O)C(O)C1O.